The minimum Gasteiger partial charge on any atom is -0.497 e. The van der Waals surface area contributed by atoms with Gasteiger partial charge in [0.25, 0.3) is 19.9 Å². The van der Waals surface area contributed by atoms with Gasteiger partial charge < -0.3 is 32.7 Å². The number of rotatable bonds is 23. The molecule has 0 bridgehead atoms. The minimum atomic E-state index is -1.81. The molecular weight excluding hydrogens is 960 g/mol. The average molecular weight is 1020 g/mol. The Morgan fingerprint density at radius 3 is 1.90 bits per heavy atom. The Bertz CT molecular complexity index is 2900. The fourth-order valence-corrected chi connectivity index (χ4v) is 9.88. The van der Waals surface area contributed by atoms with Crippen LogP contribution in [0.4, 0.5) is 22.0 Å². The highest BCUT2D eigenvalue weighted by atomic mass is 31.2. The lowest BCUT2D eigenvalue weighted by Gasteiger charge is -2.38. The highest BCUT2D eigenvalue weighted by Gasteiger charge is 2.51. The molecule has 73 heavy (non-hydrogen) atoms. The van der Waals surface area contributed by atoms with Gasteiger partial charge in [-0.3, -0.25) is 30.1 Å². The number of nitro groups is 2. The number of carbonyl (C=O) groups is 1. The van der Waals surface area contributed by atoms with Gasteiger partial charge in [0.2, 0.25) is 0 Å². The third kappa shape index (κ3) is 12.0. The Hall–Kier alpha value is -7.29. The average Bonchev–Trinajstić information content (AvgIpc) is 4.00. The molecule has 20 nitrogen and oxygen atoms in total. The van der Waals surface area contributed by atoms with E-state index >= 15 is 0 Å². The standard InChI is InChI=1S/C52H55N8O12P/c1-35(2)57(3)73(70-31-29-37-18-24-42(25-19-37)60(64)65)72-46-44(32-69-52(38-12-8-6-9-13-38,39-14-10-7-11-15-39)40-20-26-43(66-4)27-21-40)71-50(47(46)67-5)58-34-55-45-48(53-33-54-49(45)58)56-51(61)68-30-28-36-16-22-41(23-17-36)59(62)63/h6-27,33-35,44,46-47,50H,28-32H2,1-5H3,(H,53,54,56,61)/t44-,46-,47-,50-,73?/m1/s1. The second-order valence-corrected chi connectivity index (χ2v) is 18.8. The van der Waals surface area contributed by atoms with Crippen LogP contribution in [0.25, 0.3) is 11.2 Å². The van der Waals surface area contributed by atoms with E-state index in [2.05, 4.69) is 20.3 Å². The van der Waals surface area contributed by atoms with Gasteiger partial charge >= 0.3 is 6.09 Å². The third-order valence-corrected chi connectivity index (χ3v) is 14.3. The molecule has 2 aromatic heterocycles. The van der Waals surface area contributed by atoms with Crippen LogP contribution < -0.4 is 10.1 Å². The first-order chi connectivity index (χ1) is 35.4. The summed E-state index contributed by atoms with van der Waals surface area (Å²) in [6.45, 7) is 4.25. The van der Waals surface area contributed by atoms with Crippen molar-refractivity contribution in [3.8, 4) is 5.75 Å². The Morgan fingerprint density at radius 1 is 0.781 bits per heavy atom. The summed E-state index contributed by atoms with van der Waals surface area (Å²) < 4.78 is 49.2. The van der Waals surface area contributed by atoms with Crippen molar-refractivity contribution in [3.63, 3.8) is 0 Å². The number of nitro benzene ring substituents is 2. The van der Waals surface area contributed by atoms with Crippen LogP contribution in [0.2, 0.25) is 0 Å². The summed E-state index contributed by atoms with van der Waals surface area (Å²) in [4.78, 5) is 48.1. The van der Waals surface area contributed by atoms with Gasteiger partial charge in [0.15, 0.2) is 23.2 Å². The van der Waals surface area contributed by atoms with E-state index in [0.29, 0.717) is 24.2 Å². The number of fused-ring (bicyclic) bond motifs is 1. The summed E-state index contributed by atoms with van der Waals surface area (Å²) in [7, 11) is 3.28. The van der Waals surface area contributed by atoms with Crippen molar-refractivity contribution in [2.45, 2.75) is 62.9 Å². The lowest BCUT2D eigenvalue weighted by atomic mass is 9.80. The Balaban J connectivity index is 1.11. The van der Waals surface area contributed by atoms with Crippen LogP contribution in [-0.2, 0) is 46.4 Å². The van der Waals surface area contributed by atoms with Gasteiger partial charge in [-0.1, -0.05) is 97.1 Å². The quantitative estimate of drug-likeness (QED) is 0.0272. The molecule has 0 aliphatic carbocycles. The number of nitrogens with one attached hydrogen (secondary N) is 1. The Labute approximate surface area is 422 Å². The summed E-state index contributed by atoms with van der Waals surface area (Å²) in [6.07, 6.45) is -0.609. The molecule has 1 saturated heterocycles. The Morgan fingerprint density at radius 2 is 1.36 bits per heavy atom. The fourth-order valence-electron chi connectivity index (χ4n) is 8.40. The largest absolute Gasteiger partial charge is 0.497 e. The minimum absolute atomic E-state index is 0.000820. The van der Waals surface area contributed by atoms with Gasteiger partial charge in [-0.15, -0.1) is 0 Å². The van der Waals surface area contributed by atoms with E-state index in [1.165, 1.54) is 36.9 Å². The van der Waals surface area contributed by atoms with Crippen LogP contribution in [0.15, 0.2) is 146 Å². The van der Waals surface area contributed by atoms with Crippen molar-refractivity contribution < 1.29 is 47.4 Å². The van der Waals surface area contributed by atoms with Crippen molar-refractivity contribution in [2.75, 3.05) is 46.4 Å². The number of hydrogen-bond donors (Lipinski definition) is 1. The van der Waals surface area contributed by atoms with Gasteiger partial charge in [-0.25, -0.2) is 24.4 Å². The summed E-state index contributed by atoms with van der Waals surface area (Å²) in [5.74, 6) is 0.766. The lowest BCUT2D eigenvalue weighted by Crippen LogP contribution is -2.41. The number of carbonyl (C=O) groups excluding carboxylic acids is 1. The maximum atomic E-state index is 13.1. The van der Waals surface area contributed by atoms with E-state index in [1.54, 1.807) is 43.1 Å². The van der Waals surface area contributed by atoms with E-state index in [9.17, 15) is 25.0 Å². The van der Waals surface area contributed by atoms with Crippen LogP contribution in [-0.4, -0.2) is 106 Å². The molecule has 380 valence electrons. The number of anilines is 1. The first-order valence-corrected chi connectivity index (χ1v) is 24.5. The molecule has 1 N–H and O–H groups in total. The van der Waals surface area contributed by atoms with E-state index in [0.717, 1.165) is 27.8 Å². The van der Waals surface area contributed by atoms with Crippen molar-refractivity contribution >= 4 is 43.0 Å². The SMILES string of the molecule is COc1ccc(C(OC[C@H]2O[C@@H](n3cnc4c(NC(=O)OCCc5ccc([N+](=O)[O-])cc5)ncnc43)[C@H](OC)[C@@H]2OP(OCCc2ccc([N+](=O)[O-])cc2)N(C)C(C)C)(c2ccccc2)c2ccccc2)cc1. The zero-order valence-electron chi connectivity index (χ0n) is 40.8. The molecule has 1 aliphatic heterocycles. The maximum absolute atomic E-state index is 13.1. The molecule has 7 aromatic rings. The molecule has 0 spiro atoms. The summed E-state index contributed by atoms with van der Waals surface area (Å²) in [5, 5.41) is 25.1. The molecule has 3 heterocycles. The topological polar surface area (TPSA) is 227 Å². The van der Waals surface area contributed by atoms with Crippen LogP contribution in [0.5, 0.6) is 5.75 Å². The predicted octanol–water partition coefficient (Wildman–Crippen LogP) is 9.58. The maximum Gasteiger partial charge on any atom is 0.412 e. The smallest absolute Gasteiger partial charge is 0.412 e. The lowest BCUT2D eigenvalue weighted by molar-refractivity contribution is -0.385. The highest BCUT2D eigenvalue weighted by Crippen LogP contribution is 2.50. The van der Waals surface area contributed by atoms with Crippen molar-refractivity contribution in [1.29, 1.82) is 0 Å². The second kappa shape index (κ2) is 24.0. The van der Waals surface area contributed by atoms with Gasteiger partial charge in [0, 0.05) is 43.8 Å². The zero-order valence-corrected chi connectivity index (χ0v) is 41.6. The zero-order chi connectivity index (χ0) is 51.5. The third-order valence-electron chi connectivity index (χ3n) is 12.5. The highest BCUT2D eigenvalue weighted by molar-refractivity contribution is 7.44. The number of benzene rings is 5. The number of non-ortho nitro benzene ring substituents is 2. The predicted molar refractivity (Wildman–Crippen MR) is 271 cm³/mol. The number of imidazole rings is 1. The second-order valence-electron chi connectivity index (χ2n) is 17.2. The number of aromatic nitrogens is 4. The molecule has 5 atom stereocenters. The molecule has 1 unspecified atom stereocenters. The molecule has 1 aliphatic rings. The molecule has 0 saturated carbocycles. The van der Waals surface area contributed by atoms with E-state index < -0.39 is 54.6 Å². The van der Waals surface area contributed by atoms with Crippen molar-refractivity contribution in [3.05, 3.63) is 194 Å². The number of ether oxygens (including phenoxy) is 5. The summed E-state index contributed by atoms with van der Waals surface area (Å²) in [6, 6.07) is 40.0. The molecule has 21 heteroatoms. The fraction of sp³-hybridized carbons (Fsp3) is 0.308. The first kappa shape index (κ1) is 52.0. The molecule has 8 rings (SSSR count). The number of hydrogen-bond acceptors (Lipinski definition) is 16. The Kier molecular flexibility index (Phi) is 17.1. The monoisotopic (exact) mass is 1010 g/mol. The van der Waals surface area contributed by atoms with Gasteiger partial charge in [0.1, 0.15) is 36.0 Å². The molecule has 0 radical (unpaired) electrons. The number of methoxy groups -OCH3 is 2. The van der Waals surface area contributed by atoms with E-state index in [-0.39, 0.29) is 48.6 Å². The van der Waals surface area contributed by atoms with E-state index in [1.807, 2.05) is 110 Å². The van der Waals surface area contributed by atoms with Crippen LogP contribution in [0.3, 0.4) is 0 Å². The molecular formula is C52H55N8O12P. The van der Waals surface area contributed by atoms with Gasteiger partial charge in [-0.05, 0) is 67.3 Å². The van der Waals surface area contributed by atoms with Crippen LogP contribution in [0, 0.1) is 20.2 Å². The molecule has 5 aromatic carbocycles. The van der Waals surface area contributed by atoms with Crippen LogP contribution >= 0.6 is 8.53 Å². The van der Waals surface area contributed by atoms with Gasteiger partial charge in [0.05, 0.1) is 43.1 Å². The van der Waals surface area contributed by atoms with Gasteiger partial charge in [-0.2, -0.15) is 0 Å². The molecule has 1 fully saturated rings. The summed E-state index contributed by atoms with van der Waals surface area (Å²) in [5.41, 5.74) is 3.51. The number of nitrogens with zero attached hydrogens (tertiary/aromatic N) is 7. The normalized spacial score (nSPS) is 17.2. The first-order valence-electron chi connectivity index (χ1n) is 23.4. The number of amides is 1. The summed E-state index contributed by atoms with van der Waals surface area (Å²) >= 11 is 0. The van der Waals surface area contributed by atoms with Crippen LogP contribution in [0.1, 0.15) is 47.9 Å². The van der Waals surface area contributed by atoms with Crippen molar-refractivity contribution in [1.82, 2.24) is 24.2 Å². The van der Waals surface area contributed by atoms with E-state index in [4.69, 9.17) is 32.7 Å². The van der Waals surface area contributed by atoms with Crippen molar-refractivity contribution in [2.24, 2.45) is 0 Å². The molecule has 1 amide bonds.